The number of piperidine rings is 1. The van der Waals surface area contributed by atoms with Gasteiger partial charge in [0.15, 0.2) is 0 Å². The summed E-state index contributed by atoms with van der Waals surface area (Å²) in [4.78, 5) is 25.6. The molecule has 1 atom stereocenters. The highest BCUT2D eigenvalue weighted by Gasteiger charge is 2.23. The molecule has 1 unspecified atom stereocenters. The van der Waals surface area contributed by atoms with Gasteiger partial charge in [0.1, 0.15) is 5.69 Å². The van der Waals surface area contributed by atoms with Gasteiger partial charge in [-0.25, -0.2) is 9.97 Å². The number of anilines is 1. The van der Waals surface area contributed by atoms with Gasteiger partial charge in [-0.3, -0.25) is 4.79 Å². The summed E-state index contributed by atoms with van der Waals surface area (Å²) >= 11 is 0. The van der Waals surface area contributed by atoms with Crippen molar-refractivity contribution >= 4 is 11.9 Å². The monoisotopic (exact) mass is 304 g/mol. The van der Waals surface area contributed by atoms with E-state index in [1.165, 1.54) is 6.42 Å². The van der Waals surface area contributed by atoms with Crippen LogP contribution in [0.5, 0.6) is 0 Å². The molecule has 0 aromatic carbocycles. The molecule has 1 aliphatic rings. The number of hydrogen-bond donors (Lipinski definition) is 0. The Bertz CT molecular complexity index is 485. The molecule has 1 amide bonds. The van der Waals surface area contributed by atoms with Crippen LogP contribution in [0.2, 0.25) is 0 Å². The smallest absolute Gasteiger partial charge is 0.272 e. The molecule has 1 aromatic heterocycles. The third kappa shape index (κ3) is 4.18. The average molecular weight is 304 g/mol. The predicted octanol–water partition coefficient (Wildman–Crippen LogP) is 2.98. The van der Waals surface area contributed by atoms with Gasteiger partial charge < -0.3 is 9.80 Å². The molecule has 1 fully saturated rings. The van der Waals surface area contributed by atoms with Crippen molar-refractivity contribution in [2.24, 2.45) is 5.92 Å². The molecule has 22 heavy (non-hydrogen) atoms. The standard InChI is InChI=1S/C17H28N4O/c1-4-10-20(11-5-2)17-18-9-8-15(19-17)16(22)21-12-6-7-14(3)13-21/h8-9,14H,4-7,10-13H2,1-3H3. The fourth-order valence-corrected chi connectivity index (χ4v) is 3.01. The Morgan fingerprint density at radius 2 is 2.09 bits per heavy atom. The van der Waals surface area contributed by atoms with Gasteiger partial charge in [0.05, 0.1) is 0 Å². The van der Waals surface area contributed by atoms with Gasteiger partial charge in [-0.1, -0.05) is 20.8 Å². The number of likely N-dealkylation sites (tertiary alicyclic amines) is 1. The Kier molecular flexibility index (Phi) is 6.16. The lowest BCUT2D eigenvalue weighted by molar-refractivity contribution is 0.0677. The summed E-state index contributed by atoms with van der Waals surface area (Å²) in [5.74, 6) is 1.30. The fraction of sp³-hybridized carbons (Fsp3) is 0.706. The third-order valence-corrected chi connectivity index (χ3v) is 4.08. The lowest BCUT2D eigenvalue weighted by Crippen LogP contribution is -2.39. The van der Waals surface area contributed by atoms with Crippen molar-refractivity contribution in [3.05, 3.63) is 18.0 Å². The first kappa shape index (κ1) is 16.7. The second-order valence-corrected chi connectivity index (χ2v) is 6.23. The Morgan fingerprint density at radius 3 is 2.73 bits per heavy atom. The maximum absolute atomic E-state index is 12.7. The van der Waals surface area contributed by atoms with Crippen LogP contribution >= 0.6 is 0 Å². The molecular weight excluding hydrogens is 276 g/mol. The van der Waals surface area contributed by atoms with Crippen molar-refractivity contribution in [1.29, 1.82) is 0 Å². The molecular formula is C17H28N4O. The van der Waals surface area contributed by atoms with Crippen LogP contribution in [0.1, 0.15) is 56.9 Å². The third-order valence-electron chi connectivity index (χ3n) is 4.08. The number of aromatic nitrogens is 2. The molecule has 2 heterocycles. The zero-order valence-corrected chi connectivity index (χ0v) is 14.1. The predicted molar refractivity (Wildman–Crippen MR) is 89.1 cm³/mol. The van der Waals surface area contributed by atoms with Crippen LogP contribution in [-0.4, -0.2) is 47.0 Å². The maximum Gasteiger partial charge on any atom is 0.272 e. The molecule has 0 saturated carbocycles. The molecule has 2 rings (SSSR count). The minimum absolute atomic E-state index is 0.0446. The molecule has 5 nitrogen and oxygen atoms in total. The molecule has 0 N–H and O–H groups in total. The molecule has 1 aromatic rings. The molecule has 1 saturated heterocycles. The van der Waals surface area contributed by atoms with E-state index in [0.717, 1.165) is 45.4 Å². The molecule has 0 spiro atoms. The van der Waals surface area contributed by atoms with E-state index in [-0.39, 0.29) is 5.91 Å². The van der Waals surface area contributed by atoms with Crippen LogP contribution in [-0.2, 0) is 0 Å². The number of rotatable bonds is 6. The molecule has 1 aliphatic heterocycles. The Balaban J connectivity index is 2.14. The fourth-order valence-electron chi connectivity index (χ4n) is 3.01. The minimum atomic E-state index is 0.0446. The zero-order valence-electron chi connectivity index (χ0n) is 14.1. The van der Waals surface area contributed by atoms with Gasteiger partial charge in [-0.05, 0) is 37.7 Å². The number of hydrogen-bond acceptors (Lipinski definition) is 4. The van der Waals surface area contributed by atoms with E-state index < -0.39 is 0 Å². The van der Waals surface area contributed by atoms with E-state index in [2.05, 4.69) is 35.6 Å². The van der Waals surface area contributed by atoms with E-state index in [4.69, 9.17) is 0 Å². The lowest BCUT2D eigenvalue weighted by atomic mass is 10.00. The lowest BCUT2D eigenvalue weighted by Gasteiger charge is -2.30. The van der Waals surface area contributed by atoms with Gasteiger partial charge in [-0.2, -0.15) is 0 Å². The van der Waals surface area contributed by atoms with E-state index in [9.17, 15) is 4.79 Å². The first-order valence-electron chi connectivity index (χ1n) is 8.53. The molecule has 122 valence electrons. The van der Waals surface area contributed by atoms with Crippen molar-refractivity contribution < 1.29 is 4.79 Å². The molecule has 5 heteroatoms. The van der Waals surface area contributed by atoms with Crippen molar-refractivity contribution in [1.82, 2.24) is 14.9 Å². The summed E-state index contributed by atoms with van der Waals surface area (Å²) in [7, 11) is 0. The first-order valence-corrected chi connectivity index (χ1v) is 8.53. The first-order chi connectivity index (χ1) is 10.7. The van der Waals surface area contributed by atoms with E-state index in [1.54, 1.807) is 12.3 Å². The van der Waals surface area contributed by atoms with Crippen molar-refractivity contribution in [2.45, 2.75) is 46.5 Å². The highest BCUT2D eigenvalue weighted by molar-refractivity contribution is 5.92. The van der Waals surface area contributed by atoms with Gasteiger partial charge in [0, 0.05) is 32.4 Å². The number of carbonyl (C=O) groups excluding carboxylic acids is 1. The SMILES string of the molecule is CCCN(CCC)c1nccc(C(=O)N2CCCC(C)C2)n1. The minimum Gasteiger partial charge on any atom is -0.341 e. The summed E-state index contributed by atoms with van der Waals surface area (Å²) in [6, 6.07) is 1.74. The van der Waals surface area contributed by atoms with E-state index >= 15 is 0 Å². The van der Waals surface area contributed by atoms with Gasteiger partial charge in [0.25, 0.3) is 5.91 Å². The van der Waals surface area contributed by atoms with Crippen molar-refractivity contribution in [3.63, 3.8) is 0 Å². The Morgan fingerprint density at radius 1 is 1.36 bits per heavy atom. The normalized spacial score (nSPS) is 18.3. The number of amides is 1. The van der Waals surface area contributed by atoms with Crippen LogP contribution in [0.3, 0.4) is 0 Å². The van der Waals surface area contributed by atoms with Gasteiger partial charge >= 0.3 is 0 Å². The Hall–Kier alpha value is -1.65. The molecule has 0 radical (unpaired) electrons. The van der Waals surface area contributed by atoms with Gasteiger partial charge in [0.2, 0.25) is 5.95 Å². The van der Waals surface area contributed by atoms with Crippen LogP contribution in [0, 0.1) is 5.92 Å². The largest absolute Gasteiger partial charge is 0.341 e. The summed E-state index contributed by atoms with van der Waals surface area (Å²) in [6.45, 7) is 10.0. The van der Waals surface area contributed by atoms with Crippen LogP contribution < -0.4 is 4.90 Å². The second-order valence-electron chi connectivity index (χ2n) is 6.23. The van der Waals surface area contributed by atoms with Crippen molar-refractivity contribution in [3.8, 4) is 0 Å². The maximum atomic E-state index is 12.7. The van der Waals surface area contributed by atoms with Crippen LogP contribution in [0.4, 0.5) is 5.95 Å². The summed E-state index contributed by atoms with van der Waals surface area (Å²) in [5, 5.41) is 0. The highest BCUT2D eigenvalue weighted by atomic mass is 16.2. The zero-order chi connectivity index (χ0) is 15.9. The van der Waals surface area contributed by atoms with Crippen molar-refractivity contribution in [2.75, 3.05) is 31.1 Å². The number of carbonyl (C=O) groups is 1. The highest BCUT2D eigenvalue weighted by Crippen LogP contribution is 2.18. The van der Waals surface area contributed by atoms with E-state index in [0.29, 0.717) is 17.6 Å². The number of nitrogens with zero attached hydrogens (tertiary/aromatic N) is 4. The quantitative estimate of drug-likeness (QED) is 0.810. The van der Waals surface area contributed by atoms with Crippen LogP contribution in [0.15, 0.2) is 12.3 Å². The summed E-state index contributed by atoms with van der Waals surface area (Å²) in [5.41, 5.74) is 0.524. The molecule has 0 aliphatic carbocycles. The topological polar surface area (TPSA) is 49.3 Å². The average Bonchev–Trinajstić information content (AvgIpc) is 2.54. The van der Waals surface area contributed by atoms with Gasteiger partial charge in [-0.15, -0.1) is 0 Å². The summed E-state index contributed by atoms with van der Waals surface area (Å²) in [6.07, 6.45) is 6.10. The van der Waals surface area contributed by atoms with E-state index in [1.807, 2.05) is 4.90 Å². The molecule has 0 bridgehead atoms. The Labute approximate surface area is 133 Å². The second kappa shape index (κ2) is 8.11. The summed E-state index contributed by atoms with van der Waals surface area (Å²) < 4.78 is 0. The van der Waals surface area contributed by atoms with Crippen LogP contribution in [0.25, 0.3) is 0 Å².